The quantitative estimate of drug-likeness (QED) is 0.127. The summed E-state index contributed by atoms with van der Waals surface area (Å²) in [5.41, 5.74) is 8.35. The molecule has 202 valence electrons. The second-order valence-corrected chi connectivity index (χ2v) is 10.4. The third-order valence-corrected chi connectivity index (χ3v) is 7.42. The minimum atomic E-state index is -0.367. The molecule has 1 aliphatic heterocycles. The van der Waals surface area contributed by atoms with Gasteiger partial charge in [-0.05, 0) is 35.4 Å². The summed E-state index contributed by atoms with van der Waals surface area (Å²) in [7, 11) is 0. The van der Waals surface area contributed by atoms with Gasteiger partial charge in [0.25, 0.3) is 0 Å². The van der Waals surface area contributed by atoms with Gasteiger partial charge in [-0.2, -0.15) is 0 Å². The lowest BCUT2D eigenvalue weighted by molar-refractivity contribution is -0.384. The van der Waals surface area contributed by atoms with Crippen molar-refractivity contribution in [3.8, 4) is 5.75 Å². The van der Waals surface area contributed by atoms with Crippen molar-refractivity contribution in [3.05, 3.63) is 75.6 Å². The summed E-state index contributed by atoms with van der Waals surface area (Å²) in [6.45, 7) is 7.56. The Balaban J connectivity index is 1.61. The van der Waals surface area contributed by atoms with Gasteiger partial charge in [-0.1, -0.05) is 50.2 Å². The van der Waals surface area contributed by atoms with E-state index in [1.807, 2.05) is 59.7 Å². The number of nitro benzene ring substituents is 1. The number of aromatic nitrogens is 2. The Morgan fingerprint density at radius 3 is 2.44 bits per heavy atom. The van der Waals surface area contributed by atoms with Crippen molar-refractivity contribution in [3.63, 3.8) is 0 Å². The van der Waals surface area contributed by atoms with Crippen LogP contribution in [0.3, 0.4) is 0 Å². The first-order chi connectivity index (χ1) is 18.7. The molecule has 0 atom stereocenters. The number of nitrogen functional groups attached to an aromatic ring is 1. The average molecular weight is 528 g/mol. The maximum absolute atomic E-state index is 12.5. The number of nitrogens with one attached hydrogen (secondary N) is 2. The molecule has 0 saturated carbocycles. The topological polar surface area (TPSA) is 147 Å². The molecule has 1 aliphatic rings. The number of nitrogens with zero attached hydrogens (tertiary/aromatic N) is 4. The molecule has 0 aliphatic carbocycles. The highest BCUT2D eigenvalue weighted by Crippen LogP contribution is 2.39. The fourth-order valence-electron chi connectivity index (χ4n) is 5.47. The van der Waals surface area contributed by atoms with Crippen LogP contribution < -0.4 is 10.5 Å². The molecule has 0 spiro atoms. The van der Waals surface area contributed by atoms with Crippen LogP contribution >= 0.6 is 0 Å². The molecule has 2 heterocycles. The number of imidazole rings is 1. The number of ether oxygens (including phenoxy) is 1. The number of hydrogen-bond donors (Lipinski definition) is 3. The van der Waals surface area contributed by atoms with E-state index < -0.39 is 0 Å². The zero-order valence-electron chi connectivity index (χ0n) is 22.4. The number of rotatable bonds is 7. The van der Waals surface area contributed by atoms with Gasteiger partial charge in [0.15, 0.2) is 11.3 Å². The Morgan fingerprint density at radius 1 is 1.13 bits per heavy atom. The minimum Gasteiger partial charge on any atom is -0.483 e. The minimum absolute atomic E-state index is 0.00672. The summed E-state index contributed by atoms with van der Waals surface area (Å²) >= 11 is 0. The lowest BCUT2D eigenvalue weighted by atomic mass is 9.98. The molecule has 1 fully saturated rings. The third-order valence-electron chi connectivity index (χ3n) is 7.42. The number of piperidine rings is 1. The first kappa shape index (κ1) is 26.1. The van der Waals surface area contributed by atoms with Gasteiger partial charge in [-0.15, -0.1) is 0 Å². The Labute approximate surface area is 226 Å². The molecular formula is C29H33N7O3. The molecule has 10 heteroatoms. The van der Waals surface area contributed by atoms with E-state index in [0.29, 0.717) is 54.9 Å². The predicted molar refractivity (Wildman–Crippen MR) is 153 cm³/mol. The number of hydrogen-bond acceptors (Lipinski definition) is 6. The summed E-state index contributed by atoms with van der Waals surface area (Å²) in [5, 5.41) is 30.2. The van der Waals surface area contributed by atoms with Gasteiger partial charge >= 0.3 is 5.69 Å². The number of benzene rings is 3. The van der Waals surface area contributed by atoms with Crippen LogP contribution in [-0.2, 0) is 6.54 Å². The van der Waals surface area contributed by atoms with Crippen molar-refractivity contribution < 1.29 is 9.66 Å². The van der Waals surface area contributed by atoms with Crippen LogP contribution in [0.25, 0.3) is 21.8 Å². The maximum Gasteiger partial charge on any atom is 0.336 e. The highest BCUT2D eigenvalue weighted by atomic mass is 16.6. The van der Waals surface area contributed by atoms with E-state index in [0.717, 1.165) is 22.2 Å². The van der Waals surface area contributed by atoms with Gasteiger partial charge < -0.3 is 19.9 Å². The van der Waals surface area contributed by atoms with Crippen LogP contribution in [0, 0.1) is 20.9 Å². The number of fused-ring (bicyclic) bond motifs is 2. The summed E-state index contributed by atoms with van der Waals surface area (Å²) < 4.78 is 8.19. The van der Waals surface area contributed by atoms with E-state index in [1.165, 1.54) is 0 Å². The number of nitro groups is 1. The summed E-state index contributed by atoms with van der Waals surface area (Å²) in [4.78, 5) is 19.0. The number of nitrogens with two attached hydrogens (primary N) is 1. The molecular weight excluding hydrogens is 494 g/mol. The lowest BCUT2D eigenvalue weighted by Crippen LogP contribution is -2.40. The molecule has 0 unspecified atom stereocenters. The zero-order valence-corrected chi connectivity index (χ0v) is 22.4. The van der Waals surface area contributed by atoms with Gasteiger partial charge in [-0.3, -0.25) is 20.9 Å². The fourth-order valence-corrected chi connectivity index (χ4v) is 5.47. The molecule has 5 rings (SSSR count). The lowest BCUT2D eigenvalue weighted by Gasteiger charge is -2.32. The second-order valence-electron chi connectivity index (χ2n) is 10.4. The fraction of sp³-hybridized carbons (Fsp3) is 0.345. The zero-order chi connectivity index (χ0) is 27.8. The second kappa shape index (κ2) is 10.4. The standard InChI is InChI=1S/C29H33N7O3/c1-17(2)29-33-24-10-11-25(39-20-12-14-34(15-13-20)18(3)30)27(36(37)38)26(24)35(29)16-19-8-9-23(28(31)32)22-7-5-4-6-21(19)22/h4-11,17,20,30H,12-16H2,1-3H3,(H3,31,32). The molecule has 0 amide bonds. The Hall–Kier alpha value is -4.47. The largest absolute Gasteiger partial charge is 0.483 e. The maximum atomic E-state index is 12.5. The van der Waals surface area contributed by atoms with Crippen molar-refractivity contribution in [2.24, 2.45) is 5.73 Å². The van der Waals surface area contributed by atoms with E-state index in [2.05, 4.69) is 0 Å². The van der Waals surface area contributed by atoms with Crippen LogP contribution in [0.4, 0.5) is 5.69 Å². The van der Waals surface area contributed by atoms with Crippen LogP contribution in [0.2, 0.25) is 0 Å². The Bertz CT molecular complexity index is 1600. The molecule has 1 saturated heterocycles. The molecule has 4 aromatic rings. The molecule has 4 N–H and O–H groups in total. The van der Waals surface area contributed by atoms with Crippen molar-refractivity contribution >= 4 is 39.2 Å². The molecule has 0 bridgehead atoms. The van der Waals surface area contributed by atoms with Crippen LogP contribution in [0.15, 0.2) is 48.5 Å². The van der Waals surface area contributed by atoms with Gasteiger partial charge in [0.2, 0.25) is 0 Å². The van der Waals surface area contributed by atoms with Crippen molar-refractivity contribution in [1.29, 1.82) is 10.8 Å². The Kier molecular flexibility index (Phi) is 6.94. The molecule has 10 nitrogen and oxygen atoms in total. The number of amidine groups is 2. The monoisotopic (exact) mass is 527 g/mol. The SMILES string of the molecule is CC(=N)N1CCC(Oc2ccc3nc(C(C)C)n(Cc4ccc(C(=N)N)c5ccccc45)c3c2[N+](=O)[O-])CC1. The van der Waals surface area contributed by atoms with Gasteiger partial charge in [0.1, 0.15) is 17.8 Å². The van der Waals surface area contributed by atoms with Gasteiger partial charge in [-0.25, -0.2) is 4.98 Å². The van der Waals surface area contributed by atoms with E-state index in [9.17, 15) is 10.1 Å². The van der Waals surface area contributed by atoms with Crippen LogP contribution in [0.1, 0.15) is 56.5 Å². The van der Waals surface area contributed by atoms with Crippen LogP contribution in [-0.4, -0.2) is 50.2 Å². The third kappa shape index (κ3) is 4.89. The highest BCUT2D eigenvalue weighted by molar-refractivity contribution is 6.08. The smallest absolute Gasteiger partial charge is 0.336 e. The molecule has 3 aromatic carbocycles. The molecule has 1 aromatic heterocycles. The van der Waals surface area contributed by atoms with Crippen LogP contribution in [0.5, 0.6) is 5.75 Å². The van der Waals surface area contributed by atoms with Gasteiger partial charge in [0.05, 0.1) is 22.8 Å². The van der Waals surface area contributed by atoms with E-state index in [4.69, 9.17) is 26.3 Å². The van der Waals surface area contributed by atoms with Gasteiger partial charge in [0, 0.05) is 37.4 Å². The van der Waals surface area contributed by atoms with Crippen molar-refractivity contribution in [1.82, 2.24) is 14.5 Å². The Morgan fingerprint density at radius 2 is 1.82 bits per heavy atom. The summed E-state index contributed by atoms with van der Waals surface area (Å²) in [6.07, 6.45) is 1.22. The van der Waals surface area contributed by atoms with Crippen molar-refractivity contribution in [2.75, 3.05) is 13.1 Å². The average Bonchev–Trinajstić information content (AvgIpc) is 3.27. The van der Waals surface area contributed by atoms with E-state index in [1.54, 1.807) is 19.1 Å². The van der Waals surface area contributed by atoms with E-state index >= 15 is 0 Å². The van der Waals surface area contributed by atoms with Crippen molar-refractivity contribution in [2.45, 2.75) is 52.2 Å². The molecule has 39 heavy (non-hydrogen) atoms. The summed E-state index contributed by atoms with van der Waals surface area (Å²) in [6, 6.07) is 15.0. The summed E-state index contributed by atoms with van der Waals surface area (Å²) in [5.74, 6) is 1.53. The first-order valence-corrected chi connectivity index (χ1v) is 13.1. The normalized spacial score (nSPS) is 14.3. The predicted octanol–water partition coefficient (Wildman–Crippen LogP) is 5.39. The first-order valence-electron chi connectivity index (χ1n) is 13.1. The molecule has 0 radical (unpaired) electrons. The van der Waals surface area contributed by atoms with E-state index in [-0.39, 0.29) is 34.2 Å². The number of likely N-dealkylation sites (tertiary alicyclic amines) is 1. The highest BCUT2D eigenvalue weighted by Gasteiger charge is 2.30.